The van der Waals surface area contributed by atoms with E-state index in [-0.39, 0.29) is 23.1 Å². The van der Waals surface area contributed by atoms with Crippen LogP contribution in [0.25, 0.3) is 0 Å². The van der Waals surface area contributed by atoms with Gasteiger partial charge in [-0.25, -0.2) is 0 Å². The predicted octanol–water partition coefficient (Wildman–Crippen LogP) is 5.39. The van der Waals surface area contributed by atoms with E-state index in [0.29, 0.717) is 54.3 Å². The summed E-state index contributed by atoms with van der Waals surface area (Å²) in [5, 5.41) is 0. The minimum atomic E-state index is -0.221. The van der Waals surface area contributed by atoms with Crippen molar-refractivity contribution < 1.29 is 19.2 Å². The van der Waals surface area contributed by atoms with Crippen LogP contribution in [-0.2, 0) is 0 Å². The van der Waals surface area contributed by atoms with Gasteiger partial charge in [0.15, 0.2) is 23.1 Å². The van der Waals surface area contributed by atoms with Gasteiger partial charge in [-0.05, 0) is 12.1 Å². The summed E-state index contributed by atoms with van der Waals surface area (Å²) in [6, 6.07) is 23.9. The Hall–Kier alpha value is -4.09. The van der Waals surface area contributed by atoms with Crippen LogP contribution in [0.5, 0.6) is 0 Å². The maximum Gasteiger partial charge on any atom is 0.195 e. The third-order valence-corrected chi connectivity index (χ3v) is 7.17. The van der Waals surface area contributed by atoms with Crippen LogP contribution in [0.1, 0.15) is 63.7 Å². The lowest BCUT2D eigenvalue weighted by atomic mass is 9.84. The Morgan fingerprint density at radius 2 is 0.697 bits per heavy atom. The van der Waals surface area contributed by atoms with Crippen LogP contribution in [0.4, 0.5) is 0 Å². The number of ketones is 4. The van der Waals surface area contributed by atoms with E-state index in [9.17, 15) is 19.2 Å². The van der Waals surface area contributed by atoms with E-state index in [1.807, 2.05) is 0 Å². The highest BCUT2D eigenvalue weighted by molar-refractivity contribution is 7.99. The van der Waals surface area contributed by atoms with Crippen molar-refractivity contribution in [1.29, 1.82) is 0 Å². The topological polar surface area (TPSA) is 68.3 Å². The molecule has 4 aromatic rings. The first kappa shape index (κ1) is 19.6. The van der Waals surface area contributed by atoms with Crippen molar-refractivity contribution in [2.45, 2.75) is 9.79 Å². The lowest BCUT2D eigenvalue weighted by Gasteiger charge is -2.22. The van der Waals surface area contributed by atoms with Gasteiger partial charge in [-0.2, -0.15) is 0 Å². The van der Waals surface area contributed by atoms with Gasteiger partial charge in [0.25, 0.3) is 0 Å². The van der Waals surface area contributed by atoms with E-state index >= 15 is 0 Å². The fraction of sp³-hybridized carbons (Fsp3) is 0. The third kappa shape index (κ3) is 2.79. The molecule has 0 N–H and O–H groups in total. The Labute approximate surface area is 193 Å². The normalized spacial score (nSPS) is 13.8. The van der Waals surface area contributed by atoms with Gasteiger partial charge in [-0.15, -0.1) is 0 Å². The first-order chi connectivity index (χ1) is 16.1. The van der Waals surface area contributed by atoms with E-state index < -0.39 is 0 Å². The van der Waals surface area contributed by atoms with Crippen molar-refractivity contribution >= 4 is 34.9 Å². The molecule has 0 fully saturated rings. The second-order valence-corrected chi connectivity index (χ2v) is 8.95. The summed E-state index contributed by atoms with van der Waals surface area (Å²) in [6.07, 6.45) is 0. The molecule has 2 aliphatic rings. The largest absolute Gasteiger partial charge is 0.289 e. The first-order valence-corrected chi connectivity index (χ1v) is 11.2. The highest BCUT2D eigenvalue weighted by Gasteiger charge is 2.34. The van der Waals surface area contributed by atoms with Crippen LogP contribution in [-0.4, -0.2) is 23.1 Å². The number of fused-ring (bicyclic) bond motifs is 4. The fourth-order valence-corrected chi connectivity index (χ4v) is 5.66. The van der Waals surface area contributed by atoms with Crippen molar-refractivity contribution in [3.05, 3.63) is 129 Å². The number of carbonyl (C=O) groups is 4. The minimum Gasteiger partial charge on any atom is -0.289 e. The Morgan fingerprint density at radius 1 is 0.364 bits per heavy atom. The van der Waals surface area contributed by atoms with Crippen molar-refractivity contribution in [2.75, 3.05) is 0 Å². The highest BCUT2D eigenvalue weighted by atomic mass is 32.2. The van der Waals surface area contributed by atoms with Gasteiger partial charge in [0, 0.05) is 54.3 Å². The quantitative estimate of drug-likeness (QED) is 0.357. The van der Waals surface area contributed by atoms with Crippen LogP contribution in [0.3, 0.4) is 0 Å². The summed E-state index contributed by atoms with van der Waals surface area (Å²) in [7, 11) is 0. The summed E-state index contributed by atoms with van der Waals surface area (Å²) in [4.78, 5) is 54.0. The summed E-state index contributed by atoms with van der Waals surface area (Å²) in [5.41, 5.74) is 2.90. The number of carbonyl (C=O) groups excluding carboxylic acids is 4. The molecular formula is C28H14O4S. The first-order valence-electron chi connectivity index (χ1n) is 10.4. The molecule has 156 valence electrons. The zero-order valence-electron chi connectivity index (χ0n) is 17.1. The molecule has 0 saturated heterocycles. The number of hydrogen-bond donors (Lipinski definition) is 0. The van der Waals surface area contributed by atoms with Crippen molar-refractivity contribution in [1.82, 2.24) is 0 Å². The van der Waals surface area contributed by atoms with Gasteiger partial charge in [0.2, 0.25) is 0 Å². The van der Waals surface area contributed by atoms with Crippen LogP contribution < -0.4 is 0 Å². The smallest absolute Gasteiger partial charge is 0.195 e. The molecule has 5 heteroatoms. The van der Waals surface area contributed by atoms with Crippen LogP contribution in [0.15, 0.2) is 94.7 Å². The molecule has 2 aliphatic carbocycles. The molecular weight excluding hydrogens is 432 g/mol. The molecule has 0 spiro atoms. The molecule has 0 bridgehead atoms. The molecule has 0 aliphatic heterocycles. The van der Waals surface area contributed by atoms with Crippen molar-refractivity contribution in [3.8, 4) is 0 Å². The molecule has 0 unspecified atom stereocenters. The average Bonchev–Trinajstić information content (AvgIpc) is 2.86. The van der Waals surface area contributed by atoms with Gasteiger partial charge in [0.05, 0.1) is 0 Å². The van der Waals surface area contributed by atoms with E-state index in [4.69, 9.17) is 0 Å². The molecule has 4 nitrogen and oxygen atoms in total. The molecule has 0 heterocycles. The maximum atomic E-state index is 13.3. The molecule has 0 atom stereocenters. The molecule has 0 aromatic heterocycles. The van der Waals surface area contributed by atoms with Crippen LogP contribution in [0, 0.1) is 0 Å². The molecule has 6 rings (SSSR count). The molecule has 0 saturated carbocycles. The van der Waals surface area contributed by atoms with E-state index in [2.05, 4.69) is 0 Å². The molecule has 0 radical (unpaired) electrons. The Kier molecular flexibility index (Phi) is 4.28. The van der Waals surface area contributed by atoms with Crippen molar-refractivity contribution in [2.24, 2.45) is 0 Å². The van der Waals surface area contributed by atoms with Gasteiger partial charge < -0.3 is 0 Å². The van der Waals surface area contributed by atoms with Crippen molar-refractivity contribution in [3.63, 3.8) is 0 Å². The zero-order chi connectivity index (χ0) is 22.7. The lowest BCUT2D eigenvalue weighted by molar-refractivity contribution is 0.0976. The van der Waals surface area contributed by atoms with Gasteiger partial charge in [-0.1, -0.05) is 84.6 Å². The van der Waals surface area contributed by atoms with E-state index in [1.165, 1.54) is 11.8 Å². The summed E-state index contributed by atoms with van der Waals surface area (Å²) in [5.74, 6) is -0.836. The fourth-order valence-electron chi connectivity index (χ4n) is 4.52. The molecule has 33 heavy (non-hydrogen) atoms. The lowest BCUT2D eigenvalue weighted by Crippen LogP contribution is -2.22. The minimum absolute atomic E-state index is 0.196. The SMILES string of the molecule is O=C1c2ccccc2C(=O)c2c(Sc3cccc4c3C(=O)c3ccccc3C4=O)cccc21. The Balaban J connectivity index is 1.50. The summed E-state index contributed by atoms with van der Waals surface area (Å²) < 4.78 is 0. The highest BCUT2D eigenvalue weighted by Crippen LogP contribution is 2.41. The third-order valence-electron chi connectivity index (χ3n) is 6.05. The van der Waals surface area contributed by atoms with Gasteiger partial charge >= 0.3 is 0 Å². The Morgan fingerprint density at radius 3 is 1.09 bits per heavy atom. The second-order valence-electron chi connectivity index (χ2n) is 7.87. The van der Waals surface area contributed by atoms with Crippen LogP contribution in [0.2, 0.25) is 0 Å². The van der Waals surface area contributed by atoms with E-state index in [0.717, 1.165) is 0 Å². The number of benzene rings is 4. The average molecular weight is 446 g/mol. The number of hydrogen-bond acceptors (Lipinski definition) is 5. The Bertz CT molecular complexity index is 1450. The van der Waals surface area contributed by atoms with Gasteiger partial charge in [-0.3, -0.25) is 19.2 Å². The number of rotatable bonds is 2. The standard InChI is InChI=1S/C28H14O4S/c29-25-15-7-1-3-9-17(15)27(31)23-19(25)11-5-13-21(23)33-22-14-6-12-20-24(22)28(32)18-10-4-2-8-16(18)26(20)30/h1-14H. The second kappa shape index (κ2) is 7.22. The zero-order valence-corrected chi connectivity index (χ0v) is 17.9. The predicted molar refractivity (Wildman–Crippen MR) is 124 cm³/mol. The monoisotopic (exact) mass is 446 g/mol. The summed E-state index contributed by atoms with van der Waals surface area (Å²) in [6.45, 7) is 0. The molecule has 0 amide bonds. The van der Waals surface area contributed by atoms with E-state index in [1.54, 1.807) is 84.9 Å². The van der Waals surface area contributed by atoms with Crippen LogP contribution >= 0.6 is 11.8 Å². The van der Waals surface area contributed by atoms with Gasteiger partial charge in [0.1, 0.15) is 0 Å². The summed E-state index contributed by atoms with van der Waals surface area (Å²) >= 11 is 1.23. The maximum absolute atomic E-state index is 13.3. The molecule has 4 aromatic carbocycles.